The first-order valence-electron chi connectivity index (χ1n) is 7.88. The fraction of sp³-hybridized carbons (Fsp3) is 0.105. The van der Waals surface area contributed by atoms with Gasteiger partial charge in [-0.15, -0.1) is 13.2 Å². The van der Waals surface area contributed by atoms with Crippen LogP contribution in [0.1, 0.15) is 5.56 Å². The van der Waals surface area contributed by atoms with E-state index in [1.807, 2.05) is 0 Å². The van der Waals surface area contributed by atoms with Crippen molar-refractivity contribution < 1.29 is 31.1 Å². The third-order valence-corrected chi connectivity index (χ3v) is 4.38. The van der Waals surface area contributed by atoms with Gasteiger partial charge in [0.2, 0.25) is 0 Å². The molecule has 3 rings (SSSR count). The molecule has 1 aromatic heterocycles. The molecule has 3 aromatic rings. The zero-order chi connectivity index (χ0) is 20.3. The number of nitrogens with zero attached hydrogens (tertiary/aromatic N) is 1. The van der Waals surface area contributed by atoms with E-state index in [1.54, 1.807) is 12.1 Å². The maximum atomic E-state index is 14.2. The molecule has 0 aliphatic heterocycles. The van der Waals surface area contributed by atoms with Gasteiger partial charge in [0.25, 0.3) is 0 Å². The first kappa shape index (κ1) is 20.0. The number of hydrogen-bond donors (Lipinski definition) is 0. The van der Waals surface area contributed by atoms with Gasteiger partial charge in [0.1, 0.15) is 11.6 Å². The Bertz CT molecular complexity index is 1020. The van der Waals surface area contributed by atoms with Crippen molar-refractivity contribution >= 4 is 11.1 Å². The molecule has 2 aromatic carbocycles. The van der Waals surface area contributed by atoms with Crippen molar-refractivity contribution in [2.75, 3.05) is 0 Å². The standard InChI is InChI=1S/C19H13F4NO3S/c20-18-9-13(4-5-14(18)11-28(25)26)17-10-24-7-6-16(17)12-2-1-3-15(8-12)27-19(21,22)23/h1-10H,11H2,(H,25,26)/p-1. The number of aromatic nitrogens is 1. The third-order valence-electron chi connectivity index (χ3n) is 3.84. The van der Waals surface area contributed by atoms with E-state index in [1.165, 1.54) is 48.8 Å². The molecule has 4 nitrogen and oxygen atoms in total. The molecule has 0 aliphatic carbocycles. The third kappa shape index (κ3) is 4.93. The molecule has 1 heterocycles. The van der Waals surface area contributed by atoms with Gasteiger partial charge in [-0.25, -0.2) is 4.39 Å². The molecular weight excluding hydrogens is 398 g/mol. The summed E-state index contributed by atoms with van der Waals surface area (Å²) in [6, 6.07) is 11.0. The van der Waals surface area contributed by atoms with Crippen molar-refractivity contribution in [1.82, 2.24) is 4.98 Å². The molecule has 0 N–H and O–H groups in total. The smallest absolute Gasteiger partial charge is 0.573 e. The van der Waals surface area contributed by atoms with Gasteiger partial charge in [-0.2, -0.15) is 0 Å². The lowest BCUT2D eigenvalue weighted by Crippen LogP contribution is -2.17. The van der Waals surface area contributed by atoms with E-state index in [0.717, 1.165) is 0 Å². The molecule has 9 heteroatoms. The number of ether oxygens (including phenoxy) is 1. The summed E-state index contributed by atoms with van der Waals surface area (Å²) in [5, 5.41) is 0. The second-order valence-corrected chi connectivity index (χ2v) is 6.65. The summed E-state index contributed by atoms with van der Waals surface area (Å²) in [7, 11) is 0. The molecule has 0 bridgehead atoms. The highest BCUT2D eigenvalue weighted by atomic mass is 32.2. The van der Waals surface area contributed by atoms with Crippen molar-refractivity contribution in [2.24, 2.45) is 0 Å². The Labute approximate surface area is 160 Å². The Morgan fingerprint density at radius 1 is 1.04 bits per heavy atom. The van der Waals surface area contributed by atoms with E-state index >= 15 is 0 Å². The molecule has 0 saturated carbocycles. The maximum Gasteiger partial charge on any atom is 0.573 e. The summed E-state index contributed by atoms with van der Waals surface area (Å²) in [5.41, 5.74) is 1.83. The summed E-state index contributed by atoms with van der Waals surface area (Å²) >= 11 is -2.43. The van der Waals surface area contributed by atoms with Crippen LogP contribution in [0.5, 0.6) is 5.75 Å². The van der Waals surface area contributed by atoms with Crippen LogP contribution in [0.4, 0.5) is 17.6 Å². The SMILES string of the molecule is O=S([O-])Cc1ccc(-c2cnccc2-c2cccc(OC(F)(F)F)c2)cc1F. The predicted octanol–water partition coefficient (Wildman–Crippen LogP) is 4.83. The number of benzene rings is 2. The number of pyridine rings is 1. The van der Waals surface area contributed by atoms with Gasteiger partial charge in [0.05, 0.1) is 0 Å². The number of alkyl halides is 3. The highest BCUT2D eigenvalue weighted by Gasteiger charge is 2.31. The minimum absolute atomic E-state index is 0.0168. The van der Waals surface area contributed by atoms with Crippen LogP contribution in [0, 0.1) is 5.82 Å². The van der Waals surface area contributed by atoms with Gasteiger partial charge in [0, 0.05) is 23.7 Å². The fourth-order valence-corrected chi connectivity index (χ4v) is 3.18. The molecule has 0 aliphatic rings. The summed E-state index contributed by atoms with van der Waals surface area (Å²) in [6.45, 7) is 0. The fourth-order valence-electron chi connectivity index (χ4n) is 2.70. The van der Waals surface area contributed by atoms with E-state index in [-0.39, 0.29) is 11.3 Å². The van der Waals surface area contributed by atoms with Crippen molar-refractivity contribution in [3.63, 3.8) is 0 Å². The van der Waals surface area contributed by atoms with Crippen molar-refractivity contribution in [1.29, 1.82) is 0 Å². The van der Waals surface area contributed by atoms with Crippen LogP contribution < -0.4 is 4.74 Å². The van der Waals surface area contributed by atoms with E-state index in [9.17, 15) is 26.3 Å². The second-order valence-electron chi connectivity index (χ2n) is 5.75. The Morgan fingerprint density at radius 2 is 1.79 bits per heavy atom. The first-order chi connectivity index (χ1) is 13.2. The first-order valence-corrected chi connectivity index (χ1v) is 9.12. The molecule has 0 fully saturated rings. The Balaban J connectivity index is 2.02. The van der Waals surface area contributed by atoms with Crippen molar-refractivity contribution in [2.45, 2.75) is 12.1 Å². The van der Waals surface area contributed by atoms with Gasteiger partial charge in [-0.1, -0.05) is 35.3 Å². The topological polar surface area (TPSA) is 62.2 Å². The lowest BCUT2D eigenvalue weighted by Gasteiger charge is -2.13. The van der Waals surface area contributed by atoms with Gasteiger partial charge in [0.15, 0.2) is 0 Å². The monoisotopic (exact) mass is 410 g/mol. The lowest BCUT2D eigenvalue weighted by atomic mass is 9.96. The van der Waals surface area contributed by atoms with Crippen LogP contribution in [-0.4, -0.2) is 20.1 Å². The average molecular weight is 410 g/mol. The predicted molar refractivity (Wildman–Crippen MR) is 94.4 cm³/mol. The molecule has 1 atom stereocenters. The van der Waals surface area contributed by atoms with Crippen molar-refractivity contribution in [3.8, 4) is 28.0 Å². The quantitative estimate of drug-likeness (QED) is 0.446. The van der Waals surface area contributed by atoms with E-state index in [2.05, 4.69) is 9.72 Å². The normalized spacial score (nSPS) is 12.6. The molecule has 0 amide bonds. The highest BCUT2D eigenvalue weighted by Crippen LogP contribution is 2.34. The zero-order valence-electron chi connectivity index (χ0n) is 14.1. The van der Waals surface area contributed by atoms with Crippen LogP contribution >= 0.6 is 0 Å². The number of hydrogen-bond acceptors (Lipinski definition) is 4. The minimum Gasteiger partial charge on any atom is -0.772 e. The molecule has 0 spiro atoms. The van der Waals surface area contributed by atoms with Crippen LogP contribution in [0.15, 0.2) is 60.9 Å². The van der Waals surface area contributed by atoms with Crippen LogP contribution in [0.25, 0.3) is 22.3 Å². The summed E-state index contributed by atoms with van der Waals surface area (Å²) < 4.78 is 77.2. The lowest BCUT2D eigenvalue weighted by molar-refractivity contribution is -0.274. The Kier molecular flexibility index (Phi) is 5.76. The number of halogens is 4. The zero-order valence-corrected chi connectivity index (χ0v) is 14.9. The Morgan fingerprint density at radius 3 is 2.46 bits per heavy atom. The van der Waals surface area contributed by atoms with Gasteiger partial charge in [-0.3, -0.25) is 9.19 Å². The van der Waals surface area contributed by atoms with Crippen LogP contribution in [-0.2, 0) is 16.8 Å². The molecule has 28 heavy (non-hydrogen) atoms. The molecule has 0 saturated heterocycles. The van der Waals surface area contributed by atoms with Crippen LogP contribution in [0.2, 0.25) is 0 Å². The summed E-state index contributed by atoms with van der Waals surface area (Å²) in [4.78, 5) is 4.00. The van der Waals surface area contributed by atoms with E-state index in [0.29, 0.717) is 22.3 Å². The van der Waals surface area contributed by atoms with Crippen LogP contribution in [0.3, 0.4) is 0 Å². The van der Waals surface area contributed by atoms with Gasteiger partial charge < -0.3 is 9.29 Å². The minimum atomic E-state index is -4.82. The summed E-state index contributed by atoms with van der Waals surface area (Å²) in [6.07, 6.45) is -1.91. The summed E-state index contributed by atoms with van der Waals surface area (Å²) in [5.74, 6) is -1.54. The average Bonchev–Trinajstić information content (AvgIpc) is 2.62. The van der Waals surface area contributed by atoms with Crippen molar-refractivity contribution in [3.05, 3.63) is 72.3 Å². The maximum absolute atomic E-state index is 14.2. The van der Waals surface area contributed by atoms with Gasteiger partial charge >= 0.3 is 6.36 Å². The van der Waals surface area contributed by atoms with E-state index < -0.39 is 29.0 Å². The molecule has 146 valence electrons. The second kappa shape index (κ2) is 8.07. The highest BCUT2D eigenvalue weighted by molar-refractivity contribution is 7.78. The van der Waals surface area contributed by atoms with Gasteiger partial charge in [-0.05, 0) is 46.5 Å². The largest absolute Gasteiger partial charge is 0.772 e. The molecule has 1 unspecified atom stereocenters. The van der Waals surface area contributed by atoms with E-state index in [4.69, 9.17) is 0 Å². The molecular formula is C19H12F4NO3S-. The molecule has 0 radical (unpaired) electrons. The Hall–Kier alpha value is -2.78. The number of rotatable bonds is 5.